The molecule has 102 valence electrons. The molecular weight excluding hydrogens is 250 g/mol. The number of hydrogen-bond acceptors (Lipinski definition) is 3. The highest BCUT2D eigenvalue weighted by Crippen LogP contribution is 2.28. The maximum absolute atomic E-state index is 12.2. The van der Waals surface area contributed by atoms with Crippen LogP contribution < -0.4 is 10.2 Å². The van der Waals surface area contributed by atoms with Gasteiger partial charge in [-0.3, -0.25) is 9.78 Å². The van der Waals surface area contributed by atoms with Gasteiger partial charge in [-0.15, -0.1) is 0 Å². The van der Waals surface area contributed by atoms with Crippen LogP contribution >= 0.6 is 0 Å². The average molecular weight is 267 g/mol. The van der Waals surface area contributed by atoms with Crippen molar-refractivity contribution < 1.29 is 4.79 Å². The third-order valence-corrected chi connectivity index (χ3v) is 3.54. The molecule has 0 aliphatic carbocycles. The summed E-state index contributed by atoms with van der Waals surface area (Å²) >= 11 is 0. The van der Waals surface area contributed by atoms with Crippen molar-refractivity contribution in [1.29, 1.82) is 0 Å². The van der Waals surface area contributed by atoms with Gasteiger partial charge in [-0.2, -0.15) is 0 Å². The lowest BCUT2D eigenvalue weighted by Crippen LogP contribution is -2.21. The number of carbonyl (C=O) groups is 1. The smallest absolute Gasteiger partial charge is 0.255 e. The second-order valence-corrected chi connectivity index (χ2v) is 4.90. The van der Waals surface area contributed by atoms with Crippen LogP contribution in [0, 0.1) is 0 Å². The summed E-state index contributed by atoms with van der Waals surface area (Å²) in [6, 6.07) is 11.4. The fraction of sp³-hybridized carbons (Fsp3) is 0.250. The Morgan fingerprint density at radius 2 is 1.75 bits per heavy atom. The van der Waals surface area contributed by atoms with Gasteiger partial charge >= 0.3 is 0 Å². The third kappa shape index (κ3) is 2.64. The first-order chi connectivity index (χ1) is 9.84. The normalized spacial score (nSPS) is 14.3. The lowest BCUT2D eigenvalue weighted by molar-refractivity contribution is 0.102. The topological polar surface area (TPSA) is 45.2 Å². The molecule has 0 unspecified atom stereocenters. The Hall–Kier alpha value is -2.36. The highest BCUT2D eigenvalue weighted by molar-refractivity contribution is 6.05. The van der Waals surface area contributed by atoms with Gasteiger partial charge in [0.1, 0.15) is 0 Å². The maximum atomic E-state index is 12.2. The molecule has 1 N–H and O–H groups in total. The van der Waals surface area contributed by atoms with E-state index in [1.54, 1.807) is 24.5 Å². The van der Waals surface area contributed by atoms with E-state index >= 15 is 0 Å². The molecule has 1 aromatic carbocycles. The van der Waals surface area contributed by atoms with Crippen LogP contribution in [-0.4, -0.2) is 24.0 Å². The number of aromatic nitrogens is 1. The van der Waals surface area contributed by atoms with E-state index in [1.165, 1.54) is 12.8 Å². The Kier molecular flexibility index (Phi) is 3.63. The molecule has 2 aromatic rings. The van der Waals surface area contributed by atoms with Crippen LogP contribution in [0.4, 0.5) is 11.4 Å². The SMILES string of the molecule is O=C(Nc1ccccc1N1CCCC1)c1ccncc1. The van der Waals surface area contributed by atoms with Gasteiger partial charge in [0.25, 0.3) is 5.91 Å². The van der Waals surface area contributed by atoms with Crippen LogP contribution in [0.1, 0.15) is 23.2 Å². The van der Waals surface area contributed by atoms with E-state index in [2.05, 4.69) is 21.3 Å². The highest BCUT2D eigenvalue weighted by Gasteiger charge is 2.16. The largest absolute Gasteiger partial charge is 0.370 e. The minimum Gasteiger partial charge on any atom is -0.370 e. The molecule has 0 saturated carbocycles. The number of carbonyl (C=O) groups excluding carboxylic acids is 1. The van der Waals surface area contributed by atoms with Gasteiger partial charge in [0.05, 0.1) is 11.4 Å². The third-order valence-electron chi connectivity index (χ3n) is 3.54. The Morgan fingerprint density at radius 1 is 1.05 bits per heavy atom. The second-order valence-electron chi connectivity index (χ2n) is 4.90. The van der Waals surface area contributed by atoms with E-state index in [0.29, 0.717) is 5.56 Å². The number of hydrogen-bond donors (Lipinski definition) is 1. The van der Waals surface area contributed by atoms with Crippen molar-refractivity contribution in [3.05, 3.63) is 54.4 Å². The Balaban J connectivity index is 1.82. The second kappa shape index (κ2) is 5.74. The van der Waals surface area contributed by atoms with Crippen molar-refractivity contribution in [2.75, 3.05) is 23.3 Å². The van der Waals surface area contributed by atoms with E-state index in [0.717, 1.165) is 24.5 Å². The number of nitrogens with one attached hydrogen (secondary N) is 1. The number of rotatable bonds is 3. The Bertz CT molecular complexity index is 592. The molecule has 20 heavy (non-hydrogen) atoms. The lowest BCUT2D eigenvalue weighted by Gasteiger charge is -2.21. The fourth-order valence-corrected chi connectivity index (χ4v) is 2.51. The van der Waals surface area contributed by atoms with E-state index < -0.39 is 0 Å². The summed E-state index contributed by atoms with van der Waals surface area (Å²) in [6.45, 7) is 2.12. The molecule has 3 rings (SSSR count). The molecule has 4 nitrogen and oxygen atoms in total. The molecule has 1 aliphatic heterocycles. The average Bonchev–Trinajstić information content (AvgIpc) is 3.03. The molecule has 1 aromatic heterocycles. The first-order valence-corrected chi connectivity index (χ1v) is 6.90. The molecule has 1 fully saturated rings. The maximum Gasteiger partial charge on any atom is 0.255 e. The molecule has 1 saturated heterocycles. The molecule has 2 heterocycles. The van der Waals surface area contributed by atoms with Gasteiger partial charge in [-0.05, 0) is 37.1 Å². The van der Waals surface area contributed by atoms with Gasteiger partial charge in [0.2, 0.25) is 0 Å². The van der Waals surface area contributed by atoms with Crippen LogP contribution in [0.25, 0.3) is 0 Å². The zero-order chi connectivity index (χ0) is 13.8. The number of pyridine rings is 1. The van der Waals surface area contributed by atoms with E-state index in [9.17, 15) is 4.79 Å². The van der Waals surface area contributed by atoms with Crippen molar-refractivity contribution in [3.63, 3.8) is 0 Å². The number of amides is 1. The molecule has 1 aliphatic rings. The van der Waals surface area contributed by atoms with Crippen LogP contribution in [-0.2, 0) is 0 Å². The van der Waals surface area contributed by atoms with Gasteiger partial charge in [0.15, 0.2) is 0 Å². The molecular formula is C16H17N3O. The first kappa shape index (κ1) is 12.7. The standard InChI is InChI=1S/C16H17N3O/c20-16(13-7-9-17-10-8-13)18-14-5-1-2-6-15(14)19-11-3-4-12-19/h1-2,5-10H,3-4,11-12H2,(H,18,20). The fourth-order valence-electron chi connectivity index (χ4n) is 2.51. The molecule has 0 atom stereocenters. The summed E-state index contributed by atoms with van der Waals surface area (Å²) in [7, 11) is 0. The number of benzene rings is 1. The molecule has 1 amide bonds. The van der Waals surface area contributed by atoms with Crippen molar-refractivity contribution in [2.45, 2.75) is 12.8 Å². The quantitative estimate of drug-likeness (QED) is 0.930. The minimum absolute atomic E-state index is 0.0981. The highest BCUT2D eigenvalue weighted by atomic mass is 16.1. The van der Waals surface area contributed by atoms with Crippen LogP contribution in [0.15, 0.2) is 48.8 Å². The van der Waals surface area contributed by atoms with E-state index in [1.807, 2.05) is 18.2 Å². The predicted octanol–water partition coefficient (Wildman–Crippen LogP) is 2.93. The van der Waals surface area contributed by atoms with Gasteiger partial charge in [0, 0.05) is 31.0 Å². The number of nitrogens with zero attached hydrogens (tertiary/aromatic N) is 2. The summed E-state index contributed by atoms with van der Waals surface area (Å²) in [5.74, 6) is -0.0981. The van der Waals surface area contributed by atoms with Crippen LogP contribution in [0.3, 0.4) is 0 Å². The summed E-state index contributed by atoms with van der Waals surface area (Å²) in [6.07, 6.45) is 5.68. The summed E-state index contributed by atoms with van der Waals surface area (Å²) in [5.41, 5.74) is 2.60. The van der Waals surface area contributed by atoms with Gasteiger partial charge < -0.3 is 10.2 Å². The summed E-state index contributed by atoms with van der Waals surface area (Å²) < 4.78 is 0. The minimum atomic E-state index is -0.0981. The van der Waals surface area contributed by atoms with Crippen LogP contribution in [0.2, 0.25) is 0 Å². The molecule has 0 bridgehead atoms. The van der Waals surface area contributed by atoms with E-state index in [4.69, 9.17) is 0 Å². The van der Waals surface area contributed by atoms with Crippen molar-refractivity contribution >= 4 is 17.3 Å². The van der Waals surface area contributed by atoms with Gasteiger partial charge in [-0.1, -0.05) is 12.1 Å². The predicted molar refractivity (Wildman–Crippen MR) is 80.1 cm³/mol. The van der Waals surface area contributed by atoms with E-state index in [-0.39, 0.29) is 5.91 Å². The molecule has 4 heteroatoms. The van der Waals surface area contributed by atoms with Crippen molar-refractivity contribution in [3.8, 4) is 0 Å². The van der Waals surface area contributed by atoms with Crippen molar-refractivity contribution in [2.24, 2.45) is 0 Å². The number of anilines is 2. The first-order valence-electron chi connectivity index (χ1n) is 6.90. The molecule has 0 radical (unpaired) electrons. The lowest BCUT2D eigenvalue weighted by atomic mass is 10.2. The monoisotopic (exact) mass is 267 g/mol. The van der Waals surface area contributed by atoms with Crippen LogP contribution in [0.5, 0.6) is 0 Å². The summed E-state index contributed by atoms with van der Waals surface area (Å²) in [5, 5.41) is 3.00. The van der Waals surface area contributed by atoms with Crippen molar-refractivity contribution in [1.82, 2.24) is 4.98 Å². The molecule has 0 spiro atoms. The summed E-state index contributed by atoms with van der Waals surface area (Å²) in [4.78, 5) is 18.5. The Labute approximate surface area is 118 Å². The number of para-hydroxylation sites is 2. The Morgan fingerprint density at radius 3 is 2.50 bits per heavy atom. The zero-order valence-corrected chi connectivity index (χ0v) is 11.2. The zero-order valence-electron chi connectivity index (χ0n) is 11.2. The van der Waals surface area contributed by atoms with Gasteiger partial charge in [-0.25, -0.2) is 0 Å².